The fraction of sp³-hybridized carbons (Fsp3) is 0.650. The summed E-state index contributed by atoms with van der Waals surface area (Å²) in [4.78, 5) is 33.0. The van der Waals surface area contributed by atoms with Gasteiger partial charge in [-0.3, -0.25) is 19.5 Å². The molecule has 140 valence electrons. The van der Waals surface area contributed by atoms with Crippen LogP contribution in [0, 0.1) is 11.8 Å². The third-order valence-corrected chi connectivity index (χ3v) is 6.29. The summed E-state index contributed by atoms with van der Waals surface area (Å²) in [5, 5.41) is 2.98. The van der Waals surface area contributed by atoms with Crippen molar-refractivity contribution in [3.05, 3.63) is 30.1 Å². The van der Waals surface area contributed by atoms with Crippen molar-refractivity contribution in [2.24, 2.45) is 11.8 Å². The van der Waals surface area contributed by atoms with Crippen molar-refractivity contribution in [1.82, 2.24) is 20.1 Å². The highest BCUT2D eigenvalue weighted by Gasteiger charge is 2.49. The second-order valence-corrected chi connectivity index (χ2v) is 8.07. The summed E-state index contributed by atoms with van der Waals surface area (Å²) in [6.45, 7) is 5.11. The third kappa shape index (κ3) is 3.47. The molecule has 0 saturated carbocycles. The first-order valence-corrected chi connectivity index (χ1v) is 9.78. The molecule has 4 atom stereocenters. The molecular formula is C20H28N4O2. The van der Waals surface area contributed by atoms with E-state index < -0.39 is 0 Å². The van der Waals surface area contributed by atoms with Crippen LogP contribution in [0.25, 0.3) is 0 Å². The van der Waals surface area contributed by atoms with E-state index in [-0.39, 0.29) is 17.9 Å². The number of aromatic nitrogens is 1. The maximum atomic E-state index is 12.7. The molecule has 3 aliphatic heterocycles. The molecule has 1 aromatic rings. The summed E-state index contributed by atoms with van der Waals surface area (Å²) in [7, 11) is 0. The maximum Gasteiger partial charge on any atom is 0.223 e. The van der Waals surface area contributed by atoms with Crippen LogP contribution in [0.15, 0.2) is 24.5 Å². The molecule has 0 unspecified atom stereocenters. The van der Waals surface area contributed by atoms with Crippen LogP contribution in [-0.2, 0) is 16.1 Å². The van der Waals surface area contributed by atoms with E-state index in [1.807, 2.05) is 12.4 Å². The number of amides is 2. The minimum absolute atomic E-state index is 0.0161. The maximum absolute atomic E-state index is 12.7. The Morgan fingerprint density at radius 1 is 1.27 bits per heavy atom. The lowest BCUT2D eigenvalue weighted by Gasteiger charge is -2.56. The molecule has 6 heteroatoms. The van der Waals surface area contributed by atoms with Crippen molar-refractivity contribution in [2.75, 3.05) is 19.6 Å². The third-order valence-electron chi connectivity index (χ3n) is 6.29. The summed E-state index contributed by atoms with van der Waals surface area (Å²) < 4.78 is 0. The van der Waals surface area contributed by atoms with Gasteiger partial charge in [-0.1, -0.05) is 0 Å². The van der Waals surface area contributed by atoms with Gasteiger partial charge in [-0.15, -0.1) is 0 Å². The summed E-state index contributed by atoms with van der Waals surface area (Å²) in [6, 6.07) is 4.63. The van der Waals surface area contributed by atoms with Gasteiger partial charge in [0.05, 0.1) is 6.04 Å². The topological polar surface area (TPSA) is 65.5 Å². The van der Waals surface area contributed by atoms with Crippen molar-refractivity contribution < 1.29 is 9.59 Å². The van der Waals surface area contributed by atoms with E-state index in [1.54, 1.807) is 6.92 Å². The average Bonchev–Trinajstić information content (AvgIpc) is 2.63. The molecular weight excluding hydrogens is 328 g/mol. The fourth-order valence-electron chi connectivity index (χ4n) is 5.26. The zero-order valence-corrected chi connectivity index (χ0v) is 15.4. The van der Waals surface area contributed by atoms with Crippen molar-refractivity contribution in [1.29, 1.82) is 0 Å². The molecule has 3 aliphatic rings. The predicted molar refractivity (Wildman–Crippen MR) is 98.1 cm³/mol. The smallest absolute Gasteiger partial charge is 0.223 e. The molecule has 3 saturated heterocycles. The Labute approximate surface area is 155 Å². The number of pyridine rings is 1. The van der Waals surface area contributed by atoms with Crippen LogP contribution in [0.1, 0.15) is 38.2 Å². The monoisotopic (exact) mass is 356 g/mol. The number of likely N-dealkylation sites (tertiary alicyclic amines) is 1. The Morgan fingerprint density at radius 2 is 2.04 bits per heavy atom. The van der Waals surface area contributed by atoms with Crippen molar-refractivity contribution in [2.45, 2.75) is 51.2 Å². The largest absolute Gasteiger partial charge is 0.354 e. The van der Waals surface area contributed by atoms with E-state index in [4.69, 9.17) is 0 Å². The molecule has 1 aromatic heterocycles. The lowest BCUT2D eigenvalue weighted by molar-refractivity contribution is -0.153. The van der Waals surface area contributed by atoms with E-state index in [0.717, 1.165) is 32.5 Å². The molecule has 2 bridgehead atoms. The zero-order chi connectivity index (χ0) is 18.1. The lowest BCUT2D eigenvalue weighted by atomic mass is 9.72. The standard InChI is InChI=1S/C20H28N4O2/c1-14(25)22-10-19-17-9-16(18-3-2-4-20(26)24(18)19)12-23(13-17)11-15-5-7-21-8-6-15/h5-8,16-19H,2-4,9-13H2,1H3,(H,22,25)/t16-,17+,18+,19+/m1/s1. The van der Waals surface area contributed by atoms with Gasteiger partial charge in [-0.25, -0.2) is 0 Å². The van der Waals surface area contributed by atoms with Gasteiger partial charge in [0.25, 0.3) is 0 Å². The van der Waals surface area contributed by atoms with E-state index in [9.17, 15) is 9.59 Å². The molecule has 2 amide bonds. The summed E-state index contributed by atoms with van der Waals surface area (Å²) in [5.41, 5.74) is 1.29. The summed E-state index contributed by atoms with van der Waals surface area (Å²) in [5.74, 6) is 1.25. The van der Waals surface area contributed by atoms with Crippen LogP contribution >= 0.6 is 0 Å². The van der Waals surface area contributed by atoms with Gasteiger partial charge >= 0.3 is 0 Å². The van der Waals surface area contributed by atoms with E-state index in [2.05, 4.69) is 32.2 Å². The van der Waals surface area contributed by atoms with Gasteiger partial charge in [0, 0.05) is 58.0 Å². The minimum Gasteiger partial charge on any atom is -0.354 e. The number of fused-ring (bicyclic) bond motifs is 4. The Kier molecular flexibility index (Phi) is 4.94. The first-order chi connectivity index (χ1) is 12.6. The van der Waals surface area contributed by atoms with Gasteiger partial charge < -0.3 is 10.2 Å². The second-order valence-electron chi connectivity index (χ2n) is 8.07. The molecule has 6 nitrogen and oxygen atoms in total. The minimum atomic E-state index is -0.0161. The van der Waals surface area contributed by atoms with Crippen molar-refractivity contribution in [3.63, 3.8) is 0 Å². The number of rotatable bonds is 4. The van der Waals surface area contributed by atoms with Crippen LogP contribution in [0.2, 0.25) is 0 Å². The fourth-order valence-corrected chi connectivity index (χ4v) is 5.26. The Hall–Kier alpha value is -1.95. The molecule has 1 N–H and O–H groups in total. The van der Waals surface area contributed by atoms with Gasteiger partial charge in [-0.2, -0.15) is 0 Å². The Bertz CT molecular complexity index is 665. The Balaban J connectivity index is 1.54. The van der Waals surface area contributed by atoms with E-state index >= 15 is 0 Å². The number of nitrogens with one attached hydrogen (secondary N) is 1. The van der Waals surface area contributed by atoms with E-state index in [1.165, 1.54) is 12.0 Å². The SMILES string of the molecule is CC(=O)NC[C@H]1[C@H]2C[C@H](CN(Cc3ccncc3)C2)[C@@H]2CCCC(=O)N21. The number of nitrogens with zero attached hydrogens (tertiary/aromatic N) is 3. The van der Waals surface area contributed by atoms with Crippen molar-refractivity contribution in [3.8, 4) is 0 Å². The molecule has 4 rings (SSSR count). The van der Waals surface area contributed by atoms with Crippen LogP contribution in [0.3, 0.4) is 0 Å². The van der Waals surface area contributed by atoms with Crippen LogP contribution in [0.5, 0.6) is 0 Å². The predicted octanol–water partition coefficient (Wildman–Crippen LogP) is 1.42. The quantitative estimate of drug-likeness (QED) is 0.886. The summed E-state index contributed by atoms with van der Waals surface area (Å²) >= 11 is 0. The molecule has 0 aromatic carbocycles. The zero-order valence-electron chi connectivity index (χ0n) is 15.4. The molecule has 3 fully saturated rings. The number of hydrogen-bond acceptors (Lipinski definition) is 4. The first kappa shape index (κ1) is 17.5. The van der Waals surface area contributed by atoms with Gasteiger partial charge in [0.1, 0.15) is 0 Å². The van der Waals surface area contributed by atoms with Crippen LogP contribution in [0.4, 0.5) is 0 Å². The van der Waals surface area contributed by atoms with Crippen LogP contribution < -0.4 is 5.32 Å². The first-order valence-electron chi connectivity index (χ1n) is 9.78. The second kappa shape index (κ2) is 7.35. The number of hydrogen-bond donors (Lipinski definition) is 1. The molecule has 26 heavy (non-hydrogen) atoms. The molecule has 0 aliphatic carbocycles. The van der Waals surface area contributed by atoms with E-state index in [0.29, 0.717) is 30.8 Å². The molecule has 4 heterocycles. The van der Waals surface area contributed by atoms with Gasteiger partial charge in [-0.05, 0) is 48.8 Å². The number of carbonyl (C=O) groups is 2. The number of carbonyl (C=O) groups excluding carboxylic acids is 2. The molecule has 0 radical (unpaired) electrons. The molecule has 0 spiro atoms. The van der Waals surface area contributed by atoms with Crippen molar-refractivity contribution >= 4 is 11.8 Å². The highest BCUT2D eigenvalue weighted by molar-refractivity contribution is 5.78. The van der Waals surface area contributed by atoms with Crippen LogP contribution in [-0.4, -0.2) is 58.3 Å². The highest BCUT2D eigenvalue weighted by atomic mass is 16.2. The highest BCUT2D eigenvalue weighted by Crippen LogP contribution is 2.41. The number of piperidine rings is 3. The van der Waals surface area contributed by atoms with Gasteiger partial charge in [0.15, 0.2) is 0 Å². The summed E-state index contributed by atoms with van der Waals surface area (Å²) in [6.07, 6.45) is 7.63. The normalized spacial score (nSPS) is 31.4. The Morgan fingerprint density at radius 3 is 2.81 bits per heavy atom. The van der Waals surface area contributed by atoms with Gasteiger partial charge in [0.2, 0.25) is 11.8 Å². The average molecular weight is 356 g/mol. The lowest BCUT2D eigenvalue weighted by Crippen LogP contribution is -2.66.